The quantitative estimate of drug-likeness (QED) is 0.705. The summed E-state index contributed by atoms with van der Waals surface area (Å²) >= 11 is 0. The lowest BCUT2D eigenvalue weighted by molar-refractivity contribution is 0.269. The van der Waals surface area contributed by atoms with Crippen LogP contribution in [0, 0.1) is 0 Å². The van der Waals surface area contributed by atoms with Crippen molar-refractivity contribution >= 4 is 11.6 Å². The van der Waals surface area contributed by atoms with E-state index in [4.69, 9.17) is 5.73 Å². The molecule has 3 N–H and O–H groups in total. The molecule has 0 aliphatic carbocycles. The van der Waals surface area contributed by atoms with E-state index in [-0.39, 0.29) is 0 Å². The minimum absolute atomic E-state index is 0.592. The van der Waals surface area contributed by atoms with E-state index < -0.39 is 0 Å². The third-order valence-corrected chi connectivity index (χ3v) is 2.77. The van der Waals surface area contributed by atoms with E-state index in [1.54, 1.807) is 12.4 Å². The van der Waals surface area contributed by atoms with Crippen LogP contribution >= 0.6 is 0 Å². The van der Waals surface area contributed by atoms with Crippen LogP contribution in [0.15, 0.2) is 12.4 Å². The molecule has 1 aromatic rings. The predicted octanol–water partition coefficient (Wildman–Crippen LogP) is 1.59. The minimum atomic E-state index is 0.592. The summed E-state index contributed by atoms with van der Waals surface area (Å²) in [5, 5.41) is 3.18. The molecule has 0 bridgehead atoms. The van der Waals surface area contributed by atoms with E-state index in [0.29, 0.717) is 17.7 Å². The number of unbranched alkanes of at least 4 members (excludes halogenated alkanes) is 1. The van der Waals surface area contributed by atoms with Crippen molar-refractivity contribution in [3.63, 3.8) is 0 Å². The summed E-state index contributed by atoms with van der Waals surface area (Å²) in [5.74, 6) is 0.649. The van der Waals surface area contributed by atoms with Crippen LogP contribution in [0.3, 0.4) is 0 Å². The zero-order valence-corrected chi connectivity index (χ0v) is 11.0. The molecule has 0 saturated carbocycles. The van der Waals surface area contributed by atoms with Gasteiger partial charge in [0.25, 0.3) is 0 Å². The zero-order chi connectivity index (χ0) is 12.7. The van der Waals surface area contributed by atoms with Gasteiger partial charge in [0.15, 0.2) is 0 Å². The van der Waals surface area contributed by atoms with Crippen LogP contribution < -0.4 is 11.1 Å². The smallest absolute Gasteiger partial charge is 0.222 e. The number of aromatic nitrogens is 2. The van der Waals surface area contributed by atoms with Crippen molar-refractivity contribution in [3.05, 3.63) is 12.4 Å². The molecule has 5 nitrogen and oxygen atoms in total. The highest BCUT2D eigenvalue weighted by molar-refractivity contribution is 5.35. The van der Waals surface area contributed by atoms with Gasteiger partial charge in [-0.1, -0.05) is 0 Å². The van der Waals surface area contributed by atoms with Gasteiger partial charge in [-0.25, -0.2) is 9.97 Å². The van der Waals surface area contributed by atoms with Crippen LogP contribution in [0.5, 0.6) is 0 Å². The highest BCUT2D eigenvalue weighted by Crippen LogP contribution is 2.02. The molecule has 0 spiro atoms. The monoisotopic (exact) mass is 237 g/mol. The van der Waals surface area contributed by atoms with Gasteiger partial charge in [0, 0.05) is 12.6 Å². The number of anilines is 2. The Balaban J connectivity index is 2.10. The van der Waals surface area contributed by atoms with Crippen LogP contribution in [0.2, 0.25) is 0 Å². The minimum Gasteiger partial charge on any atom is -0.396 e. The fourth-order valence-electron chi connectivity index (χ4n) is 1.37. The molecule has 5 heteroatoms. The largest absolute Gasteiger partial charge is 0.396 e. The van der Waals surface area contributed by atoms with Crippen LogP contribution in [0.25, 0.3) is 0 Å². The Kier molecular flexibility index (Phi) is 5.69. The van der Waals surface area contributed by atoms with Crippen molar-refractivity contribution in [2.24, 2.45) is 0 Å². The fraction of sp³-hybridized carbons (Fsp3) is 0.667. The summed E-state index contributed by atoms with van der Waals surface area (Å²) < 4.78 is 0. The van der Waals surface area contributed by atoms with Gasteiger partial charge in [-0.2, -0.15) is 0 Å². The van der Waals surface area contributed by atoms with Gasteiger partial charge >= 0.3 is 0 Å². The molecule has 0 atom stereocenters. The van der Waals surface area contributed by atoms with Crippen LogP contribution in [0.1, 0.15) is 26.7 Å². The van der Waals surface area contributed by atoms with E-state index in [0.717, 1.165) is 19.5 Å². The van der Waals surface area contributed by atoms with E-state index >= 15 is 0 Å². The van der Waals surface area contributed by atoms with Crippen molar-refractivity contribution < 1.29 is 0 Å². The molecule has 96 valence electrons. The average Bonchev–Trinajstić information content (AvgIpc) is 2.30. The third-order valence-electron chi connectivity index (χ3n) is 2.77. The Morgan fingerprint density at radius 1 is 1.29 bits per heavy atom. The summed E-state index contributed by atoms with van der Waals surface area (Å²) in [6.07, 6.45) is 5.52. The lowest BCUT2D eigenvalue weighted by Crippen LogP contribution is -2.27. The molecule has 0 aliphatic rings. The number of hydrogen-bond acceptors (Lipinski definition) is 5. The van der Waals surface area contributed by atoms with Crippen molar-refractivity contribution in [2.75, 3.05) is 31.2 Å². The summed E-state index contributed by atoms with van der Waals surface area (Å²) in [7, 11) is 2.15. The van der Waals surface area contributed by atoms with Gasteiger partial charge in [-0.3, -0.25) is 0 Å². The first-order valence-electron chi connectivity index (χ1n) is 6.11. The zero-order valence-electron chi connectivity index (χ0n) is 11.0. The normalized spacial score (nSPS) is 11.1. The summed E-state index contributed by atoms with van der Waals surface area (Å²) in [6.45, 7) is 6.44. The second-order valence-electron chi connectivity index (χ2n) is 4.55. The first-order valence-corrected chi connectivity index (χ1v) is 6.11. The van der Waals surface area contributed by atoms with Crippen molar-refractivity contribution in [2.45, 2.75) is 32.7 Å². The van der Waals surface area contributed by atoms with E-state index in [1.807, 2.05) is 0 Å². The molecule has 0 aromatic carbocycles. The summed E-state index contributed by atoms with van der Waals surface area (Å²) in [5.41, 5.74) is 6.10. The Hall–Kier alpha value is -1.36. The molecule has 17 heavy (non-hydrogen) atoms. The van der Waals surface area contributed by atoms with Gasteiger partial charge in [0.2, 0.25) is 5.95 Å². The van der Waals surface area contributed by atoms with Gasteiger partial charge in [-0.15, -0.1) is 0 Å². The standard InChI is InChI=1S/C12H23N5/c1-10(2)17(3)7-5-4-6-14-12-15-8-11(13)9-16-12/h8-10H,4-7,13H2,1-3H3,(H,14,15,16). The highest BCUT2D eigenvalue weighted by atomic mass is 15.1. The SMILES string of the molecule is CC(C)N(C)CCCCNc1ncc(N)cn1. The molecule has 1 rings (SSSR count). The Morgan fingerprint density at radius 2 is 1.94 bits per heavy atom. The molecule has 0 amide bonds. The number of hydrogen-bond donors (Lipinski definition) is 2. The topological polar surface area (TPSA) is 67.1 Å². The summed E-state index contributed by atoms with van der Waals surface area (Å²) in [4.78, 5) is 10.5. The van der Waals surface area contributed by atoms with Crippen molar-refractivity contribution in [1.82, 2.24) is 14.9 Å². The Bertz CT molecular complexity index is 309. The number of nitrogens with two attached hydrogens (primary N) is 1. The molecular formula is C12H23N5. The maximum Gasteiger partial charge on any atom is 0.222 e. The number of rotatable bonds is 7. The maximum atomic E-state index is 5.51. The molecule has 0 unspecified atom stereocenters. The lowest BCUT2D eigenvalue weighted by Gasteiger charge is -2.20. The average molecular weight is 237 g/mol. The van der Waals surface area contributed by atoms with Gasteiger partial charge in [-0.05, 0) is 40.3 Å². The fourth-order valence-corrected chi connectivity index (χ4v) is 1.37. The number of nitrogens with zero attached hydrogens (tertiary/aromatic N) is 3. The third kappa shape index (κ3) is 5.49. The maximum absolute atomic E-state index is 5.51. The molecule has 0 fully saturated rings. The van der Waals surface area contributed by atoms with Crippen LogP contribution in [-0.4, -0.2) is 41.0 Å². The molecule has 0 radical (unpaired) electrons. The first kappa shape index (κ1) is 13.7. The van der Waals surface area contributed by atoms with Crippen molar-refractivity contribution in [3.8, 4) is 0 Å². The van der Waals surface area contributed by atoms with E-state index in [9.17, 15) is 0 Å². The van der Waals surface area contributed by atoms with Gasteiger partial charge in [0.1, 0.15) is 0 Å². The van der Waals surface area contributed by atoms with Crippen molar-refractivity contribution in [1.29, 1.82) is 0 Å². The predicted molar refractivity (Wildman–Crippen MR) is 71.9 cm³/mol. The number of nitrogen functional groups attached to an aromatic ring is 1. The molecule has 0 saturated heterocycles. The molecule has 1 heterocycles. The van der Waals surface area contributed by atoms with E-state index in [2.05, 4.69) is 41.1 Å². The lowest BCUT2D eigenvalue weighted by atomic mass is 10.2. The van der Waals surface area contributed by atoms with Gasteiger partial charge < -0.3 is 16.0 Å². The molecule has 1 aromatic heterocycles. The first-order chi connectivity index (χ1) is 8.09. The van der Waals surface area contributed by atoms with Gasteiger partial charge in [0.05, 0.1) is 18.1 Å². The highest BCUT2D eigenvalue weighted by Gasteiger charge is 2.01. The second-order valence-corrected chi connectivity index (χ2v) is 4.55. The van der Waals surface area contributed by atoms with E-state index in [1.165, 1.54) is 6.42 Å². The Labute approximate surface area is 103 Å². The second kappa shape index (κ2) is 7.06. The Morgan fingerprint density at radius 3 is 2.53 bits per heavy atom. The summed E-state index contributed by atoms with van der Waals surface area (Å²) in [6, 6.07) is 0.614. The molecular weight excluding hydrogens is 214 g/mol. The molecule has 0 aliphatic heterocycles. The van der Waals surface area contributed by atoms with Crippen LogP contribution in [-0.2, 0) is 0 Å². The number of nitrogens with one attached hydrogen (secondary N) is 1. The van der Waals surface area contributed by atoms with Crippen LogP contribution in [0.4, 0.5) is 11.6 Å².